The fourth-order valence-electron chi connectivity index (χ4n) is 3.53. The van der Waals surface area contributed by atoms with Crippen molar-refractivity contribution in [1.82, 2.24) is 14.8 Å². The highest BCUT2D eigenvalue weighted by molar-refractivity contribution is 7.14. The second-order valence-electron chi connectivity index (χ2n) is 7.03. The fraction of sp³-hybridized carbons (Fsp3) is 0.286. The van der Waals surface area contributed by atoms with Gasteiger partial charge in [-0.25, -0.2) is 4.98 Å². The molecule has 2 amide bonds. The molecule has 1 atom stereocenters. The summed E-state index contributed by atoms with van der Waals surface area (Å²) < 4.78 is 11.5. The van der Waals surface area contributed by atoms with E-state index in [1.54, 1.807) is 32.6 Å². The number of hydrogen-bond donors (Lipinski definition) is 0. The Morgan fingerprint density at radius 1 is 1.00 bits per heavy atom. The number of carbonyl (C=O) groups is 2. The van der Waals surface area contributed by atoms with Crippen LogP contribution in [-0.4, -0.2) is 65.5 Å². The van der Waals surface area contributed by atoms with Gasteiger partial charge in [-0.05, 0) is 23.6 Å². The van der Waals surface area contributed by atoms with E-state index in [2.05, 4.69) is 4.98 Å². The molecule has 3 aromatic rings. The number of hydrogen-bond acceptors (Lipinski definition) is 7. The van der Waals surface area contributed by atoms with E-state index >= 15 is 0 Å². The minimum atomic E-state index is -0.658. The van der Waals surface area contributed by atoms with Crippen molar-refractivity contribution in [2.75, 3.05) is 32.8 Å². The first-order valence-electron chi connectivity index (χ1n) is 9.64. The Bertz CT molecular complexity index is 1060. The molecule has 1 aromatic carbocycles. The Labute approximate surface area is 181 Å². The third kappa shape index (κ3) is 3.66. The number of benzene rings is 1. The van der Waals surface area contributed by atoms with Crippen LogP contribution in [0.3, 0.4) is 0 Å². The summed E-state index contributed by atoms with van der Waals surface area (Å²) in [5.41, 5.74) is 1.50. The predicted molar refractivity (Wildman–Crippen MR) is 114 cm³/mol. The van der Waals surface area contributed by atoms with Gasteiger partial charge in [0.1, 0.15) is 17.3 Å². The number of para-hydroxylation sites is 2. The minimum absolute atomic E-state index is 0.0917. The number of piperazine rings is 1. The number of thiazole rings is 1. The number of thiophene rings is 1. The van der Waals surface area contributed by atoms with E-state index in [-0.39, 0.29) is 18.4 Å². The lowest BCUT2D eigenvalue weighted by molar-refractivity contribution is -0.142. The van der Waals surface area contributed by atoms with Gasteiger partial charge >= 0.3 is 0 Å². The Hall–Kier alpha value is -2.91. The number of carbonyl (C=O) groups excluding carboxylic acids is 2. The zero-order valence-corrected chi connectivity index (χ0v) is 17.7. The molecule has 4 heterocycles. The first-order valence-corrected chi connectivity index (χ1v) is 11.5. The Morgan fingerprint density at radius 2 is 1.77 bits per heavy atom. The average molecular weight is 442 g/mol. The van der Waals surface area contributed by atoms with Gasteiger partial charge in [-0.1, -0.05) is 12.1 Å². The number of fused-ring (bicyclic) bond motifs is 1. The van der Waals surface area contributed by atoms with E-state index in [0.717, 1.165) is 10.6 Å². The second-order valence-corrected chi connectivity index (χ2v) is 8.67. The molecule has 1 unspecified atom stereocenters. The van der Waals surface area contributed by atoms with Crippen molar-refractivity contribution in [3.8, 4) is 22.1 Å². The van der Waals surface area contributed by atoms with Gasteiger partial charge in [0.25, 0.3) is 11.8 Å². The molecule has 0 spiro atoms. The number of aromatic nitrogens is 1. The molecule has 9 heteroatoms. The van der Waals surface area contributed by atoms with Gasteiger partial charge in [-0.2, -0.15) is 11.3 Å². The van der Waals surface area contributed by atoms with E-state index < -0.39 is 6.10 Å². The smallest absolute Gasteiger partial charge is 0.273 e. The Kier molecular flexibility index (Phi) is 5.14. The highest BCUT2D eigenvalue weighted by Gasteiger charge is 2.33. The van der Waals surface area contributed by atoms with Crippen LogP contribution in [0.5, 0.6) is 11.5 Å². The number of ether oxygens (including phenoxy) is 2. The molecular formula is C21H19N3O4S2. The normalized spacial score (nSPS) is 18.3. The van der Waals surface area contributed by atoms with Crippen molar-refractivity contribution in [3.63, 3.8) is 0 Å². The first kappa shape index (κ1) is 19.1. The van der Waals surface area contributed by atoms with E-state index in [4.69, 9.17) is 9.47 Å². The fourth-order valence-corrected chi connectivity index (χ4v) is 5.03. The van der Waals surface area contributed by atoms with Crippen LogP contribution < -0.4 is 9.47 Å². The molecule has 2 aliphatic rings. The maximum atomic E-state index is 12.9. The van der Waals surface area contributed by atoms with Crippen LogP contribution in [0.4, 0.5) is 0 Å². The number of nitrogens with zero attached hydrogens (tertiary/aromatic N) is 3. The lowest BCUT2D eigenvalue weighted by atomic mass is 10.2. The van der Waals surface area contributed by atoms with E-state index in [9.17, 15) is 9.59 Å². The van der Waals surface area contributed by atoms with E-state index in [1.807, 2.05) is 35.0 Å². The molecule has 2 aromatic heterocycles. The minimum Gasteiger partial charge on any atom is -0.485 e. The predicted octanol–water partition coefficient (Wildman–Crippen LogP) is 3.00. The molecule has 0 N–H and O–H groups in total. The van der Waals surface area contributed by atoms with Crippen LogP contribution in [0.2, 0.25) is 0 Å². The molecule has 5 rings (SSSR count). The highest BCUT2D eigenvalue weighted by Crippen LogP contribution is 2.31. The van der Waals surface area contributed by atoms with Crippen LogP contribution in [0, 0.1) is 0 Å². The third-order valence-electron chi connectivity index (χ3n) is 5.15. The number of amides is 2. The SMILES string of the molecule is O=C(c1csc(-c2ccsc2)n1)N1CCN(C(=O)C2COc3ccccc3O2)CC1. The maximum absolute atomic E-state index is 12.9. The average Bonchev–Trinajstić information content (AvgIpc) is 3.50. The third-order valence-corrected chi connectivity index (χ3v) is 6.73. The summed E-state index contributed by atoms with van der Waals surface area (Å²) in [7, 11) is 0. The standard InChI is InChI=1S/C21H19N3O4S2/c25-20(15-13-30-19(22-15)14-5-10-29-12-14)23-6-8-24(9-7-23)21(26)18-11-27-16-3-1-2-4-17(16)28-18/h1-5,10,12-13,18H,6-9,11H2. The zero-order valence-electron chi connectivity index (χ0n) is 16.0. The lowest BCUT2D eigenvalue weighted by Gasteiger charge is -2.37. The van der Waals surface area contributed by atoms with Crippen LogP contribution in [0.25, 0.3) is 10.6 Å². The summed E-state index contributed by atoms with van der Waals surface area (Å²) in [6, 6.07) is 9.33. The van der Waals surface area contributed by atoms with Crippen molar-refractivity contribution < 1.29 is 19.1 Å². The van der Waals surface area contributed by atoms with Crippen LogP contribution in [0.1, 0.15) is 10.5 Å². The second kappa shape index (κ2) is 8.08. The molecule has 30 heavy (non-hydrogen) atoms. The van der Waals surface area contributed by atoms with E-state index in [1.165, 1.54) is 11.3 Å². The van der Waals surface area contributed by atoms with Gasteiger partial charge in [0, 0.05) is 42.5 Å². The summed E-state index contributed by atoms with van der Waals surface area (Å²) in [5.74, 6) is 1.04. The maximum Gasteiger partial charge on any atom is 0.273 e. The van der Waals surface area contributed by atoms with Crippen LogP contribution in [0.15, 0.2) is 46.5 Å². The van der Waals surface area contributed by atoms with Crippen molar-refractivity contribution in [3.05, 3.63) is 52.2 Å². The van der Waals surface area contributed by atoms with E-state index in [0.29, 0.717) is 43.4 Å². The Morgan fingerprint density at radius 3 is 2.53 bits per heavy atom. The van der Waals surface area contributed by atoms with Gasteiger partial charge < -0.3 is 19.3 Å². The molecule has 1 fully saturated rings. The summed E-state index contributed by atoms with van der Waals surface area (Å²) >= 11 is 3.08. The molecule has 154 valence electrons. The molecule has 0 aliphatic carbocycles. The van der Waals surface area contributed by atoms with Crippen molar-refractivity contribution in [1.29, 1.82) is 0 Å². The molecule has 7 nitrogen and oxygen atoms in total. The quantitative estimate of drug-likeness (QED) is 0.625. The number of rotatable bonds is 3. The Balaban J connectivity index is 1.18. The first-order chi connectivity index (χ1) is 14.7. The summed E-state index contributed by atoms with van der Waals surface area (Å²) in [6.45, 7) is 2.07. The monoisotopic (exact) mass is 441 g/mol. The molecule has 2 aliphatic heterocycles. The molecule has 0 bridgehead atoms. The highest BCUT2D eigenvalue weighted by atomic mass is 32.1. The molecular weight excluding hydrogens is 422 g/mol. The van der Waals surface area contributed by atoms with Gasteiger partial charge in [-0.15, -0.1) is 11.3 Å². The summed E-state index contributed by atoms with van der Waals surface area (Å²) in [4.78, 5) is 33.7. The van der Waals surface area contributed by atoms with Crippen molar-refractivity contribution in [2.45, 2.75) is 6.10 Å². The molecule has 1 saturated heterocycles. The molecule has 0 saturated carbocycles. The van der Waals surface area contributed by atoms with Crippen LogP contribution in [-0.2, 0) is 4.79 Å². The van der Waals surface area contributed by atoms with Gasteiger partial charge in [-0.3, -0.25) is 9.59 Å². The van der Waals surface area contributed by atoms with Gasteiger partial charge in [0.05, 0.1) is 0 Å². The zero-order chi connectivity index (χ0) is 20.5. The lowest BCUT2D eigenvalue weighted by Crippen LogP contribution is -2.55. The summed E-state index contributed by atoms with van der Waals surface area (Å²) in [6.07, 6.45) is -0.658. The largest absolute Gasteiger partial charge is 0.485 e. The summed E-state index contributed by atoms with van der Waals surface area (Å²) in [5, 5.41) is 6.67. The molecule has 0 radical (unpaired) electrons. The van der Waals surface area contributed by atoms with Gasteiger partial charge in [0.2, 0.25) is 6.10 Å². The topological polar surface area (TPSA) is 72.0 Å². The van der Waals surface area contributed by atoms with Crippen molar-refractivity contribution in [2.24, 2.45) is 0 Å². The van der Waals surface area contributed by atoms with Crippen LogP contribution >= 0.6 is 22.7 Å². The van der Waals surface area contributed by atoms with Gasteiger partial charge in [0.15, 0.2) is 11.5 Å². The van der Waals surface area contributed by atoms with Crippen molar-refractivity contribution >= 4 is 34.5 Å².